The quantitative estimate of drug-likeness (QED) is 0.742. The van der Waals surface area contributed by atoms with Gasteiger partial charge in [-0.15, -0.1) is 0 Å². The van der Waals surface area contributed by atoms with E-state index < -0.39 is 15.8 Å². The predicted molar refractivity (Wildman–Crippen MR) is 67.3 cm³/mol. The zero-order valence-corrected chi connectivity index (χ0v) is 11.1. The predicted octanol–water partition coefficient (Wildman–Crippen LogP) is 1.58. The zero-order chi connectivity index (χ0) is 13.6. The molecule has 18 heavy (non-hydrogen) atoms. The average Bonchev–Trinajstić information content (AvgIpc) is 2.28. The number of aryl methyl sites for hydroxylation is 1. The van der Waals surface area contributed by atoms with E-state index in [1.165, 1.54) is 12.1 Å². The second kappa shape index (κ2) is 6.82. The number of unbranched alkanes of at least 4 members (excludes halogenated alkanes) is 2. The van der Waals surface area contributed by atoms with Gasteiger partial charge >= 0.3 is 0 Å². The first-order chi connectivity index (χ1) is 8.47. The van der Waals surface area contributed by atoms with Crippen LogP contribution in [-0.2, 0) is 10.0 Å². The molecule has 0 heterocycles. The van der Waals surface area contributed by atoms with Crippen LogP contribution >= 0.6 is 0 Å². The number of hydrogen-bond donors (Lipinski definition) is 2. The molecular formula is C12H18FNO3S. The first-order valence-electron chi connectivity index (χ1n) is 5.84. The third-order valence-electron chi connectivity index (χ3n) is 2.55. The number of aliphatic hydroxyl groups is 1. The van der Waals surface area contributed by atoms with Crippen molar-refractivity contribution >= 4 is 10.0 Å². The number of sulfonamides is 1. The van der Waals surface area contributed by atoms with Gasteiger partial charge in [-0.1, -0.05) is 0 Å². The molecular weight excluding hydrogens is 257 g/mol. The topological polar surface area (TPSA) is 66.4 Å². The van der Waals surface area contributed by atoms with E-state index in [0.717, 1.165) is 12.5 Å². The molecule has 0 aliphatic heterocycles. The van der Waals surface area contributed by atoms with Crippen LogP contribution in [0.2, 0.25) is 0 Å². The van der Waals surface area contributed by atoms with Gasteiger partial charge in [0.2, 0.25) is 10.0 Å². The van der Waals surface area contributed by atoms with Crippen LogP contribution in [0.15, 0.2) is 23.1 Å². The van der Waals surface area contributed by atoms with Crippen molar-refractivity contribution in [2.24, 2.45) is 0 Å². The fraction of sp³-hybridized carbons (Fsp3) is 0.500. The van der Waals surface area contributed by atoms with E-state index in [-0.39, 0.29) is 11.5 Å². The van der Waals surface area contributed by atoms with Crippen molar-refractivity contribution in [3.8, 4) is 0 Å². The van der Waals surface area contributed by atoms with Crippen LogP contribution in [0.25, 0.3) is 0 Å². The molecule has 0 saturated heterocycles. The summed E-state index contributed by atoms with van der Waals surface area (Å²) in [5.41, 5.74) is 0.387. The van der Waals surface area contributed by atoms with Crippen molar-refractivity contribution in [2.75, 3.05) is 13.2 Å². The standard InChI is InChI=1S/C12H18FNO3S/c1-10-9-11(13)5-6-12(10)18(16,17)14-7-3-2-4-8-15/h5-6,9,14-15H,2-4,7-8H2,1H3. The van der Waals surface area contributed by atoms with Gasteiger partial charge in [-0.2, -0.15) is 0 Å². The molecule has 0 bridgehead atoms. The van der Waals surface area contributed by atoms with E-state index in [1.54, 1.807) is 6.92 Å². The first kappa shape index (κ1) is 15.1. The summed E-state index contributed by atoms with van der Waals surface area (Å²) in [5.74, 6) is -0.450. The molecule has 0 aliphatic carbocycles. The van der Waals surface area contributed by atoms with Crippen molar-refractivity contribution in [3.05, 3.63) is 29.6 Å². The lowest BCUT2D eigenvalue weighted by atomic mass is 10.2. The Morgan fingerprint density at radius 3 is 2.61 bits per heavy atom. The van der Waals surface area contributed by atoms with Crippen LogP contribution in [0.5, 0.6) is 0 Å². The fourth-order valence-electron chi connectivity index (χ4n) is 1.61. The number of nitrogens with one attached hydrogen (secondary N) is 1. The van der Waals surface area contributed by atoms with Gasteiger partial charge in [0, 0.05) is 13.2 Å². The van der Waals surface area contributed by atoms with E-state index in [4.69, 9.17) is 5.11 Å². The molecule has 0 radical (unpaired) electrons. The summed E-state index contributed by atoms with van der Waals surface area (Å²) in [4.78, 5) is 0.103. The zero-order valence-electron chi connectivity index (χ0n) is 10.3. The third-order valence-corrected chi connectivity index (χ3v) is 4.17. The minimum Gasteiger partial charge on any atom is -0.396 e. The molecule has 0 atom stereocenters. The maximum Gasteiger partial charge on any atom is 0.240 e. The van der Waals surface area contributed by atoms with Gasteiger partial charge in [-0.3, -0.25) is 0 Å². The Labute approximate surface area is 107 Å². The Bertz CT molecular complexity index is 488. The monoisotopic (exact) mass is 275 g/mol. The molecule has 6 heteroatoms. The third kappa shape index (κ3) is 4.36. The highest BCUT2D eigenvalue weighted by molar-refractivity contribution is 7.89. The Kier molecular flexibility index (Phi) is 5.71. The number of halogens is 1. The number of hydrogen-bond acceptors (Lipinski definition) is 3. The Balaban J connectivity index is 2.63. The molecule has 1 aromatic rings. The summed E-state index contributed by atoms with van der Waals surface area (Å²) in [6, 6.07) is 3.59. The maximum atomic E-state index is 12.9. The van der Waals surface area contributed by atoms with Crippen molar-refractivity contribution in [1.82, 2.24) is 4.72 Å². The summed E-state index contributed by atoms with van der Waals surface area (Å²) >= 11 is 0. The molecule has 102 valence electrons. The smallest absolute Gasteiger partial charge is 0.240 e. The first-order valence-corrected chi connectivity index (χ1v) is 7.32. The van der Waals surface area contributed by atoms with Crippen molar-refractivity contribution in [1.29, 1.82) is 0 Å². The lowest BCUT2D eigenvalue weighted by Gasteiger charge is -2.09. The molecule has 4 nitrogen and oxygen atoms in total. The summed E-state index contributed by atoms with van der Waals surface area (Å²) in [7, 11) is -3.57. The highest BCUT2D eigenvalue weighted by Crippen LogP contribution is 2.15. The van der Waals surface area contributed by atoms with Gasteiger partial charge < -0.3 is 5.11 Å². The maximum absolute atomic E-state index is 12.9. The highest BCUT2D eigenvalue weighted by Gasteiger charge is 2.16. The SMILES string of the molecule is Cc1cc(F)ccc1S(=O)(=O)NCCCCCO. The van der Waals surface area contributed by atoms with Gasteiger partial charge in [0.25, 0.3) is 0 Å². The molecule has 0 saturated carbocycles. The molecule has 1 aromatic carbocycles. The minimum atomic E-state index is -3.57. The van der Waals surface area contributed by atoms with Crippen LogP contribution in [0, 0.1) is 12.7 Å². The number of aliphatic hydroxyl groups excluding tert-OH is 1. The largest absolute Gasteiger partial charge is 0.396 e. The Hall–Kier alpha value is -0.980. The van der Waals surface area contributed by atoms with Gasteiger partial charge in [-0.05, 0) is 49.9 Å². The van der Waals surface area contributed by atoms with Crippen LogP contribution in [0.3, 0.4) is 0 Å². The second-order valence-electron chi connectivity index (χ2n) is 4.09. The minimum absolute atomic E-state index is 0.103. The van der Waals surface area contributed by atoms with Crippen molar-refractivity contribution in [3.63, 3.8) is 0 Å². The lowest BCUT2D eigenvalue weighted by Crippen LogP contribution is -2.25. The molecule has 0 unspecified atom stereocenters. The molecule has 0 amide bonds. The lowest BCUT2D eigenvalue weighted by molar-refractivity contribution is 0.283. The molecule has 0 spiro atoms. The highest BCUT2D eigenvalue weighted by atomic mass is 32.2. The molecule has 0 aliphatic rings. The van der Waals surface area contributed by atoms with Gasteiger partial charge in [0.1, 0.15) is 5.82 Å². The van der Waals surface area contributed by atoms with E-state index in [9.17, 15) is 12.8 Å². The van der Waals surface area contributed by atoms with Crippen molar-refractivity contribution in [2.45, 2.75) is 31.1 Å². The Morgan fingerprint density at radius 1 is 1.28 bits per heavy atom. The fourth-order valence-corrected chi connectivity index (χ4v) is 2.91. The van der Waals surface area contributed by atoms with Crippen LogP contribution in [0.4, 0.5) is 4.39 Å². The van der Waals surface area contributed by atoms with Crippen LogP contribution in [0.1, 0.15) is 24.8 Å². The molecule has 0 fully saturated rings. The summed E-state index contributed by atoms with van der Waals surface area (Å²) in [6.45, 7) is 1.99. The van der Waals surface area contributed by atoms with Crippen LogP contribution in [-0.4, -0.2) is 26.7 Å². The molecule has 1 rings (SSSR count). The van der Waals surface area contributed by atoms with E-state index in [0.29, 0.717) is 24.9 Å². The van der Waals surface area contributed by atoms with Gasteiger partial charge in [0.05, 0.1) is 4.90 Å². The van der Waals surface area contributed by atoms with E-state index >= 15 is 0 Å². The second-order valence-corrected chi connectivity index (χ2v) is 5.83. The van der Waals surface area contributed by atoms with Gasteiger partial charge in [-0.25, -0.2) is 17.5 Å². The van der Waals surface area contributed by atoms with E-state index in [2.05, 4.69) is 4.72 Å². The summed E-state index contributed by atoms with van der Waals surface area (Å²) in [5, 5.41) is 8.59. The summed E-state index contributed by atoms with van der Waals surface area (Å²) in [6.07, 6.45) is 2.10. The number of rotatable bonds is 7. The average molecular weight is 275 g/mol. The van der Waals surface area contributed by atoms with Crippen LogP contribution < -0.4 is 4.72 Å². The Morgan fingerprint density at radius 2 is 2.00 bits per heavy atom. The summed E-state index contributed by atoms with van der Waals surface area (Å²) < 4.78 is 39.2. The number of benzene rings is 1. The molecule has 2 N–H and O–H groups in total. The van der Waals surface area contributed by atoms with E-state index in [1.807, 2.05) is 0 Å². The molecule has 0 aromatic heterocycles. The normalized spacial score (nSPS) is 11.7. The van der Waals surface area contributed by atoms with Gasteiger partial charge in [0.15, 0.2) is 0 Å². The van der Waals surface area contributed by atoms with Crippen molar-refractivity contribution < 1.29 is 17.9 Å².